The molecule has 1 aliphatic carbocycles. The Kier molecular flexibility index (Phi) is 7.19. The average Bonchev–Trinajstić information content (AvgIpc) is 2.97. The van der Waals surface area contributed by atoms with E-state index < -0.39 is 6.03 Å². The third kappa shape index (κ3) is 6.79. The molecule has 0 saturated heterocycles. The normalized spacial score (nSPS) is 13.4. The minimum Gasteiger partial charge on any atom is -0.427 e. The highest BCUT2D eigenvalue weighted by Gasteiger charge is 2.13. The number of rotatable bonds is 9. The van der Waals surface area contributed by atoms with Gasteiger partial charge < -0.3 is 15.8 Å². The van der Waals surface area contributed by atoms with Crippen molar-refractivity contribution in [1.82, 2.24) is 0 Å². The summed E-state index contributed by atoms with van der Waals surface area (Å²) in [6.07, 6.45) is 8.53. The number of ether oxygens (including phenoxy) is 1. The molecule has 0 unspecified atom stereocenters. The van der Waals surface area contributed by atoms with Crippen LogP contribution in [0.5, 0.6) is 5.75 Å². The maximum Gasteiger partial charge on any atom is 0.316 e. The molecule has 1 aliphatic rings. The number of unbranched alkanes of at least 4 members (excludes halogenated alkanes) is 3. The van der Waals surface area contributed by atoms with E-state index in [4.69, 9.17) is 10.5 Å². The maximum atomic E-state index is 11.8. The summed E-state index contributed by atoms with van der Waals surface area (Å²) in [4.78, 5) is 34.0. The van der Waals surface area contributed by atoms with E-state index in [1.165, 1.54) is 0 Å². The van der Waals surface area contributed by atoms with Crippen molar-refractivity contribution in [2.24, 2.45) is 5.73 Å². The molecule has 0 radical (unpaired) electrons. The first-order chi connectivity index (χ1) is 12.0. The van der Waals surface area contributed by atoms with Crippen LogP contribution in [0.2, 0.25) is 0 Å². The molecule has 2 rings (SSSR count). The number of ketones is 1. The van der Waals surface area contributed by atoms with E-state index in [0.29, 0.717) is 30.1 Å². The van der Waals surface area contributed by atoms with Gasteiger partial charge in [-0.2, -0.15) is 0 Å². The molecule has 3 N–H and O–H groups in total. The molecular formula is C19H24N2O4. The Labute approximate surface area is 147 Å². The number of nitrogens with one attached hydrogen (secondary N) is 1. The second kappa shape index (κ2) is 9.61. The highest BCUT2D eigenvalue weighted by Crippen LogP contribution is 2.20. The Bertz CT molecular complexity index is 650. The lowest BCUT2D eigenvalue weighted by Gasteiger charge is -2.06. The Balaban J connectivity index is 1.57. The van der Waals surface area contributed by atoms with E-state index in [9.17, 15) is 14.4 Å². The predicted octanol–water partition coefficient (Wildman–Crippen LogP) is 3.71. The van der Waals surface area contributed by atoms with Gasteiger partial charge in [-0.1, -0.05) is 18.9 Å². The highest BCUT2D eigenvalue weighted by molar-refractivity contribution is 5.97. The van der Waals surface area contributed by atoms with Gasteiger partial charge in [-0.05, 0) is 55.5 Å². The minimum atomic E-state index is -0.640. The summed E-state index contributed by atoms with van der Waals surface area (Å²) in [5.74, 6) is 0.455. The fraction of sp³-hybridized carbons (Fsp3) is 0.421. The number of esters is 1. The molecule has 0 fully saturated rings. The van der Waals surface area contributed by atoms with Gasteiger partial charge in [0.15, 0.2) is 5.78 Å². The molecule has 25 heavy (non-hydrogen) atoms. The monoisotopic (exact) mass is 344 g/mol. The Morgan fingerprint density at radius 1 is 1.08 bits per heavy atom. The van der Waals surface area contributed by atoms with Gasteiger partial charge >= 0.3 is 12.0 Å². The molecule has 0 aliphatic heterocycles. The first-order valence-corrected chi connectivity index (χ1v) is 8.64. The number of anilines is 1. The van der Waals surface area contributed by atoms with Gasteiger partial charge in [-0.3, -0.25) is 9.59 Å². The molecule has 0 heterocycles. The summed E-state index contributed by atoms with van der Waals surface area (Å²) in [5.41, 5.74) is 6.54. The molecule has 1 aromatic rings. The van der Waals surface area contributed by atoms with Crippen molar-refractivity contribution in [3.8, 4) is 5.75 Å². The van der Waals surface area contributed by atoms with Crippen LogP contribution in [0.1, 0.15) is 51.4 Å². The lowest BCUT2D eigenvalue weighted by atomic mass is 10.0. The van der Waals surface area contributed by atoms with E-state index in [0.717, 1.165) is 44.1 Å². The van der Waals surface area contributed by atoms with Crippen molar-refractivity contribution >= 4 is 23.5 Å². The lowest BCUT2D eigenvalue weighted by molar-refractivity contribution is -0.134. The second-order valence-electron chi connectivity index (χ2n) is 6.09. The second-order valence-corrected chi connectivity index (χ2v) is 6.09. The average molecular weight is 344 g/mol. The maximum absolute atomic E-state index is 11.8. The van der Waals surface area contributed by atoms with Crippen LogP contribution in [0.4, 0.5) is 10.5 Å². The van der Waals surface area contributed by atoms with Crippen LogP contribution in [0.25, 0.3) is 0 Å². The molecule has 0 atom stereocenters. The number of Topliss-reactive ketones (excluding diaryl/α,β-unsaturated/α-hetero) is 1. The van der Waals surface area contributed by atoms with E-state index in [2.05, 4.69) is 5.32 Å². The summed E-state index contributed by atoms with van der Waals surface area (Å²) in [5, 5.41) is 2.44. The van der Waals surface area contributed by atoms with Gasteiger partial charge in [-0.25, -0.2) is 4.79 Å². The van der Waals surface area contributed by atoms with E-state index in [1.807, 2.05) is 6.08 Å². The van der Waals surface area contributed by atoms with Gasteiger partial charge in [0.05, 0.1) is 0 Å². The first kappa shape index (κ1) is 18.7. The number of hydrogen-bond donors (Lipinski definition) is 2. The minimum absolute atomic E-state index is 0.274. The molecule has 0 spiro atoms. The van der Waals surface area contributed by atoms with E-state index >= 15 is 0 Å². The number of allylic oxidation sites excluding steroid dienone is 2. The number of carbonyl (C=O) groups is 3. The fourth-order valence-electron chi connectivity index (χ4n) is 2.76. The number of hydrogen-bond acceptors (Lipinski definition) is 4. The van der Waals surface area contributed by atoms with Crippen molar-refractivity contribution in [3.63, 3.8) is 0 Å². The van der Waals surface area contributed by atoms with Gasteiger partial charge in [0.1, 0.15) is 5.75 Å². The van der Waals surface area contributed by atoms with Gasteiger partial charge in [0, 0.05) is 18.5 Å². The van der Waals surface area contributed by atoms with Crippen LogP contribution in [-0.4, -0.2) is 17.8 Å². The Morgan fingerprint density at radius 3 is 2.44 bits per heavy atom. The van der Waals surface area contributed by atoms with Crippen LogP contribution in [0, 0.1) is 0 Å². The predicted molar refractivity (Wildman–Crippen MR) is 95.3 cm³/mol. The van der Waals surface area contributed by atoms with Crippen LogP contribution >= 0.6 is 0 Å². The molecule has 6 heteroatoms. The molecule has 0 bridgehead atoms. The molecule has 6 nitrogen and oxygen atoms in total. The van der Waals surface area contributed by atoms with Gasteiger partial charge in [-0.15, -0.1) is 0 Å². The number of nitrogens with two attached hydrogens (primary N) is 1. The first-order valence-electron chi connectivity index (χ1n) is 8.64. The summed E-state index contributed by atoms with van der Waals surface area (Å²) < 4.78 is 5.24. The van der Waals surface area contributed by atoms with Crippen LogP contribution in [-0.2, 0) is 9.59 Å². The van der Waals surface area contributed by atoms with E-state index in [1.54, 1.807) is 24.3 Å². The van der Waals surface area contributed by atoms with Crippen LogP contribution < -0.4 is 15.8 Å². The number of benzene rings is 1. The highest BCUT2D eigenvalue weighted by atomic mass is 16.5. The van der Waals surface area contributed by atoms with Crippen molar-refractivity contribution < 1.29 is 19.1 Å². The molecule has 134 valence electrons. The molecule has 2 amide bonds. The zero-order valence-corrected chi connectivity index (χ0v) is 14.3. The molecule has 0 saturated carbocycles. The van der Waals surface area contributed by atoms with Crippen molar-refractivity contribution in [1.29, 1.82) is 0 Å². The van der Waals surface area contributed by atoms with Crippen molar-refractivity contribution in [3.05, 3.63) is 35.9 Å². The molecular weight excluding hydrogens is 320 g/mol. The van der Waals surface area contributed by atoms with E-state index in [-0.39, 0.29) is 5.97 Å². The number of carbonyl (C=O) groups excluding carboxylic acids is 3. The van der Waals surface area contributed by atoms with Gasteiger partial charge in [0.25, 0.3) is 0 Å². The third-order valence-electron chi connectivity index (χ3n) is 4.05. The fourth-order valence-corrected chi connectivity index (χ4v) is 2.76. The lowest BCUT2D eigenvalue weighted by Crippen LogP contribution is -2.19. The largest absolute Gasteiger partial charge is 0.427 e. The Morgan fingerprint density at radius 2 is 1.80 bits per heavy atom. The Hall–Kier alpha value is -2.63. The SMILES string of the molecule is NC(=O)Nc1ccc(OC(=O)CCCCCCC2=CCCC2=O)cc1. The summed E-state index contributed by atoms with van der Waals surface area (Å²) in [6.45, 7) is 0. The molecule has 0 aromatic heterocycles. The quantitative estimate of drug-likeness (QED) is 0.405. The van der Waals surface area contributed by atoms with Crippen molar-refractivity contribution in [2.45, 2.75) is 51.4 Å². The smallest absolute Gasteiger partial charge is 0.316 e. The van der Waals surface area contributed by atoms with Crippen LogP contribution in [0.15, 0.2) is 35.9 Å². The van der Waals surface area contributed by atoms with Gasteiger partial charge in [0.2, 0.25) is 0 Å². The van der Waals surface area contributed by atoms with Crippen LogP contribution in [0.3, 0.4) is 0 Å². The third-order valence-corrected chi connectivity index (χ3v) is 4.05. The summed E-state index contributed by atoms with van der Waals surface area (Å²) in [6, 6.07) is 5.81. The summed E-state index contributed by atoms with van der Waals surface area (Å²) >= 11 is 0. The van der Waals surface area contributed by atoms with Crippen molar-refractivity contribution in [2.75, 3.05) is 5.32 Å². The zero-order valence-electron chi connectivity index (χ0n) is 14.3. The zero-order chi connectivity index (χ0) is 18.1. The number of urea groups is 1. The summed E-state index contributed by atoms with van der Waals surface area (Å²) in [7, 11) is 0. The standard InChI is InChI=1S/C19H24N2O4/c20-19(24)21-15-10-12-16(13-11-15)25-18(23)9-4-2-1-3-6-14-7-5-8-17(14)22/h7,10-13H,1-6,8-9H2,(H3,20,21,24). The topological polar surface area (TPSA) is 98.5 Å². The molecule has 1 aromatic carbocycles. The number of primary amides is 1. The number of amides is 2.